The van der Waals surface area contributed by atoms with Gasteiger partial charge in [-0.1, -0.05) is 0 Å². The predicted octanol–water partition coefficient (Wildman–Crippen LogP) is 1.95. The van der Waals surface area contributed by atoms with Gasteiger partial charge in [0.2, 0.25) is 5.91 Å². The van der Waals surface area contributed by atoms with Gasteiger partial charge < -0.3 is 10.2 Å². The molecule has 1 amide bonds. The number of rotatable bonds is 5. The Kier molecular flexibility index (Phi) is 8.62. The largest absolute Gasteiger partial charge is 0.338 e. The Labute approximate surface area is 146 Å². The van der Waals surface area contributed by atoms with E-state index >= 15 is 0 Å². The summed E-state index contributed by atoms with van der Waals surface area (Å²) in [5.74, 6) is 0.00570. The molecule has 0 radical (unpaired) electrons. The molecule has 1 atom stereocenters. The van der Waals surface area contributed by atoms with Crippen molar-refractivity contribution in [1.82, 2.24) is 25.0 Å². The maximum absolute atomic E-state index is 12.5. The van der Waals surface area contributed by atoms with Crippen molar-refractivity contribution in [2.45, 2.75) is 19.5 Å². The van der Waals surface area contributed by atoms with E-state index in [1.165, 1.54) is 0 Å². The van der Waals surface area contributed by atoms with Crippen molar-refractivity contribution in [2.75, 3.05) is 14.1 Å². The summed E-state index contributed by atoms with van der Waals surface area (Å²) in [6.45, 7) is 2.48. The van der Waals surface area contributed by atoms with Crippen LogP contribution < -0.4 is 5.32 Å². The monoisotopic (exact) mass is 365 g/mol. The molecule has 0 saturated carbocycles. The number of nitrogens with one attached hydrogen (secondary N) is 1. The van der Waals surface area contributed by atoms with Crippen molar-refractivity contribution in [3.8, 4) is 0 Å². The van der Waals surface area contributed by atoms with Crippen LogP contribution >= 0.6 is 36.2 Å². The van der Waals surface area contributed by atoms with E-state index < -0.39 is 0 Å². The quantitative estimate of drug-likeness (QED) is 0.879. The number of carbonyl (C=O) groups excluding carboxylic acids is 1. The number of carbonyl (C=O) groups is 1. The van der Waals surface area contributed by atoms with Gasteiger partial charge in [-0.2, -0.15) is 5.10 Å². The van der Waals surface area contributed by atoms with E-state index in [0.29, 0.717) is 6.54 Å². The SMILES string of the molecule is CNC(C(=O)N(C)Cc1csc(C)n1)c1cnn(C)c1.Cl.Cl. The van der Waals surface area contributed by atoms with Gasteiger partial charge in [0.15, 0.2) is 0 Å². The Morgan fingerprint density at radius 3 is 2.64 bits per heavy atom. The highest BCUT2D eigenvalue weighted by molar-refractivity contribution is 7.09. The molecule has 2 aromatic heterocycles. The van der Waals surface area contributed by atoms with Gasteiger partial charge >= 0.3 is 0 Å². The fourth-order valence-corrected chi connectivity index (χ4v) is 2.65. The summed E-state index contributed by atoms with van der Waals surface area (Å²) in [6.07, 6.45) is 3.56. The summed E-state index contributed by atoms with van der Waals surface area (Å²) >= 11 is 1.59. The molecule has 6 nitrogen and oxygen atoms in total. The number of nitrogens with zero attached hydrogens (tertiary/aromatic N) is 4. The molecule has 0 aromatic carbocycles. The molecular weight excluding hydrogens is 345 g/mol. The number of halogens is 2. The Bertz CT molecular complexity index is 601. The minimum absolute atomic E-state index is 0. The highest BCUT2D eigenvalue weighted by Gasteiger charge is 2.23. The molecule has 0 aliphatic heterocycles. The van der Waals surface area contributed by atoms with Crippen LogP contribution in [0.15, 0.2) is 17.8 Å². The normalized spacial score (nSPS) is 11.3. The van der Waals surface area contributed by atoms with Crippen LogP contribution in [0.2, 0.25) is 0 Å². The van der Waals surface area contributed by atoms with E-state index in [2.05, 4.69) is 15.4 Å². The van der Waals surface area contributed by atoms with E-state index in [4.69, 9.17) is 0 Å². The fourth-order valence-electron chi connectivity index (χ4n) is 2.04. The first kappa shape index (κ1) is 20.9. The first-order valence-corrected chi connectivity index (χ1v) is 7.21. The Hall–Kier alpha value is -1.15. The van der Waals surface area contributed by atoms with Crippen molar-refractivity contribution >= 4 is 42.1 Å². The van der Waals surface area contributed by atoms with Crippen LogP contribution in [0.5, 0.6) is 0 Å². The molecule has 2 heterocycles. The second kappa shape index (κ2) is 9.09. The lowest BCUT2D eigenvalue weighted by atomic mass is 10.1. The zero-order chi connectivity index (χ0) is 14.7. The average Bonchev–Trinajstić information content (AvgIpc) is 2.99. The minimum Gasteiger partial charge on any atom is -0.338 e. The molecule has 2 rings (SSSR count). The third kappa shape index (κ3) is 4.95. The second-order valence-electron chi connectivity index (χ2n) is 4.72. The van der Waals surface area contributed by atoms with E-state index in [9.17, 15) is 4.79 Å². The molecule has 124 valence electrons. The summed E-state index contributed by atoms with van der Waals surface area (Å²) < 4.78 is 1.69. The number of hydrogen-bond donors (Lipinski definition) is 1. The van der Waals surface area contributed by atoms with Crippen molar-refractivity contribution < 1.29 is 4.79 Å². The van der Waals surface area contributed by atoms with Crippen molar-refractivity contribution in [2.24, 2.45) is 7.05 Å². The van der Waals surface area contributed by atoms with E-state index in [-0.39, 0.29) is 36.8 Å². The number of thiazole rings is 1. The van der Waals surface area contributed by atoms with Gasteiger partial charge in [0, 0.05) is 31.2 Å². The van der Waals surface area contributed by atoms with E-state index in [1.807, 2.05) is 25.5 Å². The standard InChI is InChI=1S/C13H19N5OS.2ClH/c1-9-16-11(8-20-9)7-17(3)13(19)12(14-2)10-5-15-18(4)6-10;;/h5-6,8,12,14H,7H2,1-4H3;2*1H. The molecule has 0 saturated heterocycles. The second-order valence-corrected chi connectivity index (χ2v) is 5.78. The lowest BCUT2D eigenvalue weighted by molar-refractivity contribution is -0.132. The fraction of sp³-hybridized carbons (Fsp3) is 0.462. The van der Waals surface area contributed by atoms with Gasteiger partial charge in [0.05, 0.1) is 23.4 Å². The first-order valence-electron chi connectivity index (χ1n) is 6.33. The smallest absolute Gasteiger partial charge is 0.244 e. The average molecular weight is 366 g/mol. The molecule has 2 aromatic rings. The Morgan fingerprint density at radius 2 is 2.18 bits per heavy atom. The predicted molar refractivity (Wildman–Crippen MR) is 92.8 cm³/mol. The summed E-state index contributed by atoms with van der Waals surface area (Å²) in [4.78, 5) is 18.6. The van der Waals surface area contributed by atoms with Gasteiger partial charge in [-0.3, -0.25) is 9.48 Å². The summed E-state index contributed by atoms with van der Waals surface area (Å²) in [5, 5.41) is 10.1. The van der Waals surface area contributed by atoms with Gasteiger partial charge in [-0.05, 0) is 14.0 Å². The molecule has 22 heavy (non-hydrogen) atoms. The van der Waals surface area contributed by atoms with Gasteiger partial charge in [-0.25, -0.2) is 4.98 Å². The van der Waals surface area contributed by atoms with Crippen molar-refractivity contribution in [3.63, 3.8) is 0 Å². The molecule has 0 bridgehead atoms. The summed E-state index contributed by atoms with van der Waals surface area (Å²) in [5.41, 5.74) is 1.78. The molecule has 0 fully saturated rings. The molecule has 0 aliphatic rings. The molecule has 0 aliphatic carbocycles. The lowest BCUT2D eigenvalue weighted by Crippen LogP contribution is -2.37. The molecule has 1 unspecified atom stereocenters. The van der Waals surface area contributed by atoms with E-state index in [1.54, 1.807) is 41.2 Å². The van der Waals surface area contributed by atoms with E-state index in [0.717, 1.165) is 16.3 Å². The maximum Gasteiger partial charge on any atom is 0.244 e. The molecule has 9 heteroatoms. The number of aryl methyl sites for hydroxylation is 2. The zero-order valence-corrected chi connectivity index (χ0v) is 15.4. The lowest BCUT2D eigenvalue weighted by Gasteiger charge is -2.22. The topological polar surface area (TPSA) is 63.1 Å². The minimum atomic E-state index is -0.381. The highest BCUT2D eigenvalue weighted by Crippen LogP contribution is 2.16. The van der Waals surface area contributed by atoms with Gasteiger partial charge in [0.1, 0.15) is 6.04 Å². The number of likely N-dealkylation sites (N-methyl/N-ethyl adjacent to an activating group) is 2. The highest BCUT2D eigenvalue weighted by atomic mass is 35.5. The van der Waals surface area contributed by atoms with Gasteiger partial charge in [0.25, 0.3) is 0 Å². The van der Waals surface area contributed by atoms with Crippen LogP contribution in [0.1, 0.15) is 22.3 Å². The van der Waals surface area contributed by atoms with Crippen LogP contribution in [0.4, 0.5) is 0 Å². The number of aromatic nitrogens is 3. The molecule has 0 spiro atoms. The first-order chi connectivity index (χ1) is 9.51. The van der Waals surface area contributed by atoms with Gasteiger partial charge in [-0.15, -0.1) is 36.2 Å². The van der Waals surface area contributed by atoms with Crippen LogP contribution in [-0.2, 0) is 18.4 Å². The number of amides is 1. The van der Waals surface area contributed by atoms with Crippen molar-refractivity contribution in [3.05, 3.63) is 34.0 Å². The van der Waals surface area contributed by atoms with Crippen LogP contribution in [0.3, 0.4) is 0 Å². The third-order valence-corrected chi connectivity index (χ3v) is 3.86. The molecule has 1 N–H and O–H groups in total. The zero-order valence-electron chi connectivity index (χ0n) is 12.9. The third-order valence-electron chi connectivity index (χ3n) is 3.04. The maximum atomic E-state index is 12.5. The van der Waals surface area contributed by atoms with Crippen molar-refractivity contribution in [1.29, 1.82) is 0 Å². The summed E-state index contributed by atoms with van der Waals surface area (Å²) in [7, 11) is 5.40. The Morgan fingerprint density at radius 1 is 1.50 bits per heavy atom. The summed E-state index contributed by atoms with van der Waals surface area (Å²) in [6, 6.07) is -0.381. The Balaban J connectivity index is 0.00000220. The number of hydrogen-bond acceptors (Lipinski definition) is 5. The van der Waals surface area contributed by atoms with Crippen LogP contribution in [0, 0.1) is 6.92 Å². The van der Waals surface area contributed by atoms with Crippen LogP contribution in [-0.4, -0.2) is 39.7 Å². The van der Waals surface area contributed by atoms with Crippen LogP contribution in [0.25, 0.3) is 0 Å². The molecular formula is C13H21Cl2N5OS.